The summed E-state index contributed by atoms with van der Waals surface area (Å²) in [4.78, 5) is 12.3. The van der Waals surface area contributed by atoms with Gasteiger partial charge >= 0.3 is 0 Å². The molecule has 2 rings (SSSR count). The quantitative estimate of drug-likeness (QED) is 0.859. The molecule has 1 heterocycles. The molecule has 1 saturated heterocycles. The van der Waals surface area contributed by atoms with Crippen LogP contribution in [0.4, 0.5) is 0 Å². The summed E-state index contributed by atoms with van der Waals surface area (Å²) in [7, 11) is 0. The molecule has 0 bridgehead atoms. The number of ether oxygens (including phenoxy) is 1. The van der Waals surface area contributed by atoms with Crippen LogP contribution in [0.5, 0.6) is 0 Å². The average molecular weight is 276 g/mol. The van der Waals surface area contributed by atoms with Gasteiger partial charge in [0, 0.05) is 12.1 Å². The molecule has 3 N–H and O–H groups in total. The van der Waals surface area contributed by atoms with Gasteiger partial charge in [0.2, 0.25) is 5.91 Å². The highest BCUT2D eigenvalue weighted by Crippen LogP contribution is 2.19. The van der Waals surface area contributed by atoms with Crippen molar-refractivity contribution in [1.29, 1.82) is 0 Å². The number of hydrogen-bond donors (Lipinski definition) is 2. The molecular formula is C16H24N2O2. The van der Waals surface area contributed by atoms with Crippen molar-refractivity contribution in [2.24, 2.45) is 5.73 Å². The Labute approximate surface area is 120 Å². The van der Waals surface area contributed by atoms with E-state index in [9.17, 15) is 4.79 Å². The van der Waals surface area contributed by atoms with E-state index in [4.69, 9.17) is 10.5 Å². The number of rotatable bonds is 5. The molecule has 0 aliphatic carbocycles. The minimum absolute atomic E-state index is 0.104. The summed E-state index contributed by atoms with van der Waals surface area (Å²) in [5, 5.41) is 3.07. The van der Waals surface area contributed by atoms with Gasteiger partial charge in [-0.15, -0.1) is 0 Å². The molecule has 1 aliphatic heterocycles. The Morgan fingerprint density at radius 2 is 2.10 bits per heavy atom. The second kappa shape index (κ2) is 5.94. The fraction of sp³-hybridized carbons (Fsp3) is 0.562. The van der Waals surface area contributed by atoms with Gasteiger partial charge in [0.05, 0.1) is 6.61 Å². The van der Waals surface area contributed by atoms with Crippen molar-refractivity contribution in [3.8, 4) is 0 Å². The molecule has 0 saturated carbocycles. The van der Waals surface area contributed by atoms with E-state index in [1.165, 1.54) is 5.56 Å². The van der Waals surface area contributed by atoms with Crippen LogP contribution in [0.3, 0.4) is 0 Å². The number of carbonyl (C=O) groups is 1. The highest BCUT2D eigenvalue weighted by Gasteiger charge is 2.40. The molecule has 4 nitrogen and oxygen atoms in total. The summed E-state index contributed by atoms with van der Waals surface area (Å²) >= 11 is 0. The number of nitrogens with one attached hydrogen (secondary N) is 1. The Kier molecular flexibility index (Phi) is 4.45. The van der Waals surface area contributed by atoms with Crippen molar-refractivity contribution < 1.29 is 9.53 Å². The third-order valence-electron chi connectivity index (χ3n) is 3.84. The fourth-order valence-electron chi connectivity index (χ4n) is 2.36. The summed E-state index contributed by atoms with van der Waals surface area (Å²) in [6.45, 7) is 4.95. The van der Waals surface area contributed by atoms with Crippen molar-refractivity contribution >= 4 is 5.91 Å². The van der Waals surface area contributed by atoms with E-state index in [0.29, 0.717) is 19.6 Å². The van der Waals surface area contributed by atoms with E-state index in [-0.39, 0.29) is 11.4 Å². The molecule has 4 heteroatoms. The molecule has 0 radical (unpaired) electrons. The van der Waals surface area contributed by atoms with E-state index in [2.05, 4.69) is 17.4 Å². The first-order chi connectivity index (χ1) is 9.41. The van der Waals surface area contributed by atoms with Crippen LogP contribution in [-0.2, 0) is 16.0 Å². The average Bonchev–Trinajstić information content (AvgIpc) is 2.86. The highest BCUT2D eigenvalue weighted by molar-refractivity contribution is 5.87. The maximum Gasteiger partial charge on any atom is 0.242 e. The van der Waals surface area contributed by atoms with Crippen LogP contribution in [0.25, 0.3) is 0 Å². The number of carbonyl (C=O) groups excluding carboxylic acids is 1. The highest BCUT2D eigenvalue weighted by atomic mass is 16.5. The Morgan fingerprint density at radius 3 is 2.70 bits per heavy atom. The lowest BCUT2D eigenvalue weighted by Gasteiger charge is -2.31. The summed E-state index contributed by atoms with van der Waals surface area (Å²) in [5.41, 5.74) is 6.23. The summed E-state index contributed by atoms with van der Waals surface area (Å²) < 4.78 is 5.24. The van der Waals surface area contributed by atoms with Gasteiger partial charge in [0.1, 0.15) is 5.54 Å². The SMILES string of the molecule is CC(C)(CCc1ccccc1)NC(=O)C1(N)CCOC1. The lowest BCUT2D eigenvalue weighted by molar-refractivity contribution is -0.128. The van der Waals surface area contributed by atoms with Gasteiger partial charge in [-0.25, -0.2) is 0 Å². The van der Waals surface area contributed by atoms with Crippen LogP contribution in [0.15, 0.2) is 30.3 Å². The van der Waals surface area contributed by atoms with Crippen LogP contribution in [-0.4, -0.2) is 30.2 Å². The first-order valence-electron chi connectivity index (χ1n) is 7.15. The van der Waals surface area contributed by atoms with Gasteiger partial charge in [0.15, 0.2) is 0 Å². The molecular weight excluding hydrogens is 252 g/mol. The van der Waals surface area contributed by atoms with Gasteiger partial charge in [-0.2, -0.15) is 0 Å². The molecule has 1 fully saturated rings. The third-order valence-corrected chi connectivity index (χ3v) is 3.84. The zero-order valence-electron chi connectivity index (χ0n) is 12.3. The second-order valence-electron chi connectivity index (χ2n) is 6.28. The lowest BCUT2D eigenvalue weighted by atomic mass is 9.92. The summed E-state index contributed by atoms with van der Waals surface area (Å²) in [6, 6.07) is 10.3. The van der Waals surface area contributed by atoms with Crippen molar-refractivity contribution in [2.75, 3.05) is 13.2 Å². The Bertz CT molecular complexity index is 451. The Morgan fingerprint density at radius 1 is 1.40 bits per heavy atom. The molecule has 1 amide bonds. The molecule has 1 atom stereocenters. The zero-order valence-corrected chi connectivity index (χ0v) is 12.3. The van der Waals surface area contributed by atoms with Crippen LogP contribution in [0.2, 0.25) is 0 Å². The van der Waals surface area contributed by atoms with Crippen LogP contribution in [0, 0.1) is 0 Å². The van der Waals surface area contributed by atoms with E-state index >= 15 is 0 Å². The van der Waals surface area contributed by atoms with E-state index in [1.54, 1.807) is 0 Å². The monoisotopic (exact) mass is 276 g/mol. The first kappa shape index (κ1) is 15.0. The van der Waals surface area contributed by atoms with Crippen molar-refractivity contribution in [3.05, 3.63) is 35.9 Å². The van der Waals surface area contributed by atoms with Gasteiger partial charge in [-0.3, -0.25) is 4.79 Å². The van der Waals surface area contributed by atoms with Crippen LogP contribution in [0.1, 0.15) is 32.3 Å². The molecule has 0 aromatic heterocycles. The van der Waals surface area contributed by atoms with E-state index in [1.807, 2.05) is 32.0 Å². The van der Waals surface area contributed by atoms with Crippen molar-refractivity contribution in [3.63, 3.8) is 0 Å². The van der Waals surface area contributed by atoms with Gasteiger partial charge in [0.25, 0.3) is 0 Å². The van der Waals surface area contributed by atoms with Crippen LogP contribution < -0.4 is 11.1 Å². The molecule has 1 aliphatic rings. The smallest absolute Gasteiger partial charge is 0.242 e. The molecule has 1 aromatic carbocycles. The van der Waals surface area contributed by atoms with Gasteiger partial charge in [-0.05, 0) is 38.7 Å². The Hall–Kier alpha value is -1.39. The Balaban J connectivity index is 1.88. The predicted octanol–water partition coefficient (Wildman–Crippen LogP) is 1.63. The maximum absolute atomic E-state index is 12.3. The summed E-state index contributed by atoms with van der Waals surface area (Å²) in [6.07, 6.45) is 2.40. The largest absolute Gasteiger partial charge is 0.379 e. The normalized spacial score (nSPS) is 22.8. The number of benzene rings is 1. The van der Waals surface area contributed by atoms with Gasteiger partial charge in [-0.1, -0.05) is 30.3 Å². The van der Waals surface area contributed by atoms with Crippen LogP contribution >= 0.6 is 0 Å². The number of nitrogens with two attached hydrogens (primary N) is 1. The van der Waals surface area contributed by atoms with Gasteiger partial charge < -0.3 is 15.8 Å². The maximum atomic E-state index is 12.3. The number of hydrogen-bond acceptors (Lipinski definition) is 3. The van der Waals surface area contributed by atoms with Crippen molar-refractivity contribution in [1.82, 2.24) is 5.32 Å². The minimum atomic E-state index is -0.857. The number of aryl methyl sites for hydroxylation is 1. The van der Waals surface area contributed by atoms with E-state index in [0.717, 1.165) is 12.8 Å². The zero-order chi connectivity index (χ0) is 14.6. The standard InChI is InChI=1S/C16H24N2O2/c1-15(2,9-8-13-6-4-3-5-7-13)18-14(19)16(17)10-11-20-12-16/h3-7H,8-12,17H2,1-2H3,(H,18,19). The molecule has 1 unspecified atom stereocenters. The minimum Gasteiger partial charge on any atom is -0.379 e. The lowest BCUT2D eigenvalue weighted by Crippen LogP contribution is -2.59. The molecule has 20 heavy (non-hydrogen) atoms. The summed E-state index contributed by atoms with van der Waals surface area (Å²) in [5.74, 6) is -0.104. The number of amides is 1. The topological polar surface area (TPSA) is 64.4 Å². The first-order valence-corrected chi connectivity index (χ1v) is 7.15. The predicted molar refractivity (Wildman–Crippen MR) is 79.3 cm³/mol. The molecule has 1 aromatic rings. The third kappa shape index (κ3) is 3.81. The van der Waals surface area contributed by atoms with E-state index < -0.39 is 5.54 Å². The van der Waals surface area contributed by atoms with Crippen molar-refractivity contribution in [2.45, 2.75) is 44.2 Å². The second-order valence-corrected chi connectivity index (χ2v) is 6.28. The molecule has 110 valence electrons. The molecule has 0 spiro atoms. The fourth-order valence-corrected chi connectivity index (χ4v) is 2.36.